The Bertz CT molecular complexity index is 2870. The molecule has 4 heterocycles. The minimum Gasteiger partial charge on any atom is -0.508 e. The first-order chi connectivity index (χ1) is 33.4. The SMILES string of the molecule is CC(C)C[C@H](NC(=O)[C@H](Cc1ccccc1)NC(=O)c1cnccn1)B1OC(C)(C)C(C)(c2ccc(C(=O)N3CCN(c4ccc(-n5c(-c6cc(C(C)C)c(O)cc6O)n[nH]c5=O)cc4)CC3)cc2)O1. The number of carbonyl (C=O) groups is 3. The van der Waals surface area contributed by atoms with E-state index in [1.807, 2.05) is 118 Å². The number of aromatic nitrogens is 5. The van der Waals surface area contributed by atoms with Gasteiger partial charge in [0, 0.05) is 62.3 Å². The number of amides is 3. The van der Waals surface area contributed by atoms with Gasteiger partial charge in [-0.1, -0.05) is 70.2 Å². The van der Waals surface area contributed by atoms with E-state index in [2.05, 4.69) is 49.5 Å². The molecule has 5 N–H and O–H groups in total. The van der Waals surface area contributed by atoms with E-state index in [9.17, 15) is 29.4 Å². The summed E-state index contributed by atoms with van der Waals surface area (Å²) in [6, 6.07) is 26.3. The molecule has 17 nitrogen and oxygen atoms in total. The molecular formula is C52H60BN9O8. The van der Waals surface area contributed by atoms with Gasteiger partial charge in [-0.2, -0.15) is 5.10 Å². The predicted molar refractivity (Wildman–Crippen MR) is 266 cm³/mol. The van der Waals surface area contributed by atoms with Gasteiger partial charge in [0.25, 0.3) is 11.8 Å². The van der Waals surface area contributed by atoms with E-state index in [-0.39, 0.29) is 53.1 Å². The lowest BCUT2D eigenvalue weighted by atomic mass is 9.73. The normalized spacial score (nSPS) is 17.7. The van der Waals surface area contributed by atoms with Crippen molar-refractivity contribution in [1.82, 2.24) is 40.3 Å². The van der Waals surface area contributed by atoms with Gasteiger partial charge in [0.05, 0.1) is 29.0 Å². The number of nitrogens with zero attached hydrogens (tertiary/aromatic N) is 6. The number of piperazine rings is 1. The first-order valence-electron chi connectivity index (χ1n) is 23.7. The number of H-pyrrole nitrogens is 1. The van der Waals surface area contributed by atoms with Crippen LogP contribution >= 0.6 is 0 Å². The standard InChI is InChI=1S/C52H60BN9O8/c1-32(2)27-45(57-47(65)41(28-34-11-9-8-10-12-34)56-48(66)42-31-54-21-22-55-42)53-69-51(5,6)52(7,70-53)36-15-13-35(14-16-36)49(67)61-25-23-60(24-26-61)37-17-19-38(20-18-37)62-46(58-59-50(62)68)40-29-39(33(3)4)43(63)30-44(40)64/h8-22,29-33,41,45,63-64H,23-28H2,1-7H3,(H,56,66)(H,57,65)(H,59,68)/t41-,45-,52?/m0/s1. The molecule has 6 aromatic rings. The molecule has 8 rings (SSSR count). The maximum atomic E-state index is 14.2. The molecule has 2 aromatic heterocycles. The Hall–Kier alpha value is -7.31. The Morgan fingerprint density at radius 1 is 0.829 bits per heavy atom. The van der Waals surface area contributed by atoms with Crippen LogP contribution < -0.4 is 21.2 Å². The number of carbonyl (C=O) groups excluding carboxylic acids is 3. The van der Waals surface area contributed by atoms with Crippen molar-refractivity contribution in [2.45, 2.75) is 90.4 Å². The van der Waals surface area contributed by atoms with Gasteiger partial charge in [-0.05, 0) is 98.2 Å². The zero-order chi connectivity index (χ0) is 49.9. The Morgan fingerprint density at radius 2 is 1.51 bits per heavy atom. The number of phenolic OH excluding ortho intramolecular Hbond substituents is 2. The average Bonchev–Trinajstić information content (AvgIpc) is 3.85. The zero-order valence-corrected chi connectivity index (χ0v) is 40.5. The molecule has 0 bridgehead atoms. The van der Waals surface area contributed by atoms with Crippen molar-refractivity contribution in [2.24, 2.45) is 5.92 Å². The van der Waals surface area contributed by atoms with E-state index >= 15 is 0 Å². The molecule has 0 radical (unpaired) electrons. The summed E-state index contributed by atoms with van der Waals surface area (Å²) < 4.78 is 14.9. The summed E-state index contributed by atoms with van der Waals surface area (Å²) >= 11 is 0. The molecule has 2 saturated heterocycles. The average molecular weight is 950 g/mol. The number of hydrogen-bond donors (Lipinski definition) is 5. The fraction of sp³-hybridized carbons (Fsp3) is 0.365. The quantitative estimate of drug-likeness (QED) is 0.0733. The second-order valence-corrected chi connectivity index (χ2v) is 19.3. The fourth-order valence-electron chi connectivity index (χ4n) is 9.16. The molecule has 0 saturated carbocycles. The number of rotatable bonds is 15. The lowest BCUT2D eigenvalue weighted by Crippen LogP contribution is -2.55. The summed E-state index contributed by atoms with van der Waals surface area (Å²) in [5, 5.41) is 33.8. The third-order valence-electron chi connectivity index (χ3n) is 13.4. The highest BCUT2D eigenvalue weighted by Gasteiger charge is 2.57. The lowest BCUT2D eigenvalue weighted by molar-refractivity contribution is -0.123. The highest BCUT2D eigenvalue weighted by molar-refractivity contribution is 6.48. The van der Waals surface area contributed by atoms with Crippen LogP contribution in [-0.4, -0.2) is 108 Å². The number of nitrogens with one attached hydrogen (secondary N) is 3. The highest BCUT2D eigenvalue weighted by atomic mass is 16.7. The topological polar surface area (TPSA) is 217 Å². The molecular weight excluding hydrogens is 889 g/mol. The predicted octanol–water partition coefficient (Wildman–Crippen LogP) is 6.15. The van der Waals surface area contributed by atoms with Crippen LogP contribution in [0, 0.1) is 5.92 Å². The molecule has 2 aliphatic heterocycles. The zero-order valence-electron chi connectivity index (χ0n) is 40.5. The monoisotopic (exact) mass is 949 g/mol. The van der Waals surface area contributed by atoms with Crippen LogP contribution in [0.5, 0.6) is 11.5 Å². The number of anilines is 1. The van der Waals surface area contributed by atoms with Crippen molar-refractivity contribution in [1.29, 1.82) is 0 Å². The van der Waals surface area contributed by atoms with Crippen LogP contribution in [0.15, 0.2) is 114 Å². The molecule has 4 aromatic carbocycles. The van der Waals surface area contributed by atoms with Crippen LogP contribution in [0.1, 0.15) is 98.3 Å². The second-order valence-electron chi connectivity index (χ2n) is 19.3. The van der Waals surface area contributed by atoms with E-state index in [1.165, 1.54) is 29.2 Å². The van der Waals surface area contributed by atoms with E-state index in [1.54, 1.807) is 6.07 Å². The number of hydrogen-bond acceptors (Lipinski definition) is 12. The number of aromatic hydroxyl groups is 2. The first-order valence-corrected chi connectivity index (χ1v) is 23.7. The Morgan fingerprint density at radius 3 is 2.16 bits per heavy atom. The van der Waals surface area contributed by atoms with E-state index < -0.39 is 41.9 Å². The molecule has 0 aliphatic carbocycles. The summed E-state index contributed by atoms with van der Waals surface area (Å²) in [6.07, 6.45) is 5.03. The van der Waals surface area contributed by atoms with Gasteiger partial charge in [0.15, 0.2) is 5.82 Å². The summed E-state index contributed by atoms with van der Waals surface area (Å²) in [6.45, 7) is 16.0. The molecule has 364 valence electrons. The summed E-state index contributed by atoms with van der Waals surface area (Å²) in [4.78, 5) is 66.5. The molecule has 2 aliphatic rings. The highest BCUT2D eigenvalue weighted by Crippen LogP contribution is 2.46. The number of benzene rings is 4. The van der Waals surface area contributed by atoms with Crippen molar-refractivity contribution in [2.75, 3.05) is 31.1 Å². The second kappa shape index (κ2) is 20.3. The Kier molecular flexibility index (Phi) is 14.3. The van der Waals surface area contributed by atoms with Crippen molar-refractivity contribution >= 4 is 30.5 Å². The van der Waals surface area contributed by atoms with Crippen molar-refractivity contribution in [3.8, 4) is 28.6 Å². The number of phenols is 2. The summed E-state index contributed by atoms with van der Waals surface area (Å²) in [5.74, 6) is -1.46. The van der Waals surface area contributed by atoms with Gasteiger partial charge < -0.3 is 40.0 Å². The van der Waals surface area contributed by atoms with Gasteiger partial charge in [-0.15, -0.1) is 0 Å². The third kappa shape index (κ3) is 10.3. The number of aromatic amines is 1. The van der Waals surface area contributed by atoms with Crippen LogP contribution in [0.4, 0.5) is 5.69 Å². The van der Waals surface area contributed by atoms with Gasteiger partial charge in [-0.25, -0.2) is 19.4 Å². The van der Waals surface area contributed by atoms with E-state index in [4.69, 9.17) is 9.31 Å². The van der Waals surface area contributed by atoms with Gasteiger partial charge in [-0.3, -0.25) is 19.4 Å². The Labute approximate surface area is 407 Å². The molecule has 3 atom stereocenters. The van der Waals surface area contributed by atoms with E-state index in [0.717, 1.165) is 16.8 Å². The molecule has 2 fully saturated rings. The minimum absolute atomic E-state index is 0.0298. The molecule has 3 amide bonds. The fourth-order valence-corrected chi connectivity index (χ4v) is 9.16. The van der Waals surface area contributed by atoms with Crippen LogP contribution in [0.25, 0.3) is 17.1 Å². The Balaban J connectivity index is 0.912. The summed E-state index contributed by atoms with van der Waals surface area (Å²) in [5.41, 5.74) is 2.42. The van der Waals surface area contributed by atoms with Crippen molar-refractivity contribution < 1.29 is 33.9 Å². The largest absolute Gasteiger partial charge is 0.508 e. The van der Waals surface area contributed by atoms with Crippen molar-refractivity contribution in [3.05, 3.63) is 148 Å². The molecule has 18 heteroatoms. The maximum absolute atomic E-state index is 14.2. The van der Waals surface area contributed by atoms with Crippen molar-refractivity contribution in [3.63, 3.8) is 0 Å². The van der Waals surface area contributed by atoms with Crippen LogP contribution in [0.3, 0.4) is 0 Å². The lowest BCUT2D eigenvalue weighted by Gasteiger charge is -2.37. The van der Waals surface area contributed by atoms with Gasteiger partial charge in [0.1, 0.15) is 28.8 Å². The van der Waals surface area contributed by atoms with Crippen LogP contribution in [-0.2, 0) is 26.1 Å². The minimum atomic E-state index is -0.971. The molecule has 0 spiro atoms. The smallest absolute Gasteiger partial charge is 0.482 e. The third-order valence-corrected chi connectivity index (χ3v) is 13.4. The van der Waals surface area contributed by atoms with Crippen LogP contribution in [0.2, 0.25) is 0 Å². The maximum Gasteiger partial charge on any atom is 0.482 e. The van der Waals surface area contributed by atoms with Gasteiger partial charge in [0.2, 0.25) is 5.91 Å². The van der Waals surface area contributed by atoms with E-state index in [0.29, 0.717) is 55.0 Å². The molecule has 70 heavy (non-hydrogen) atoms. The van der Waals surface area contributed by atoms with Gasteiger partial charge >= 0.3 is 12.8 Å². The molecule has 1 unspecified atom stereocenters. The summed E-state index contributed by atoms with van der Waals surface area (Å²) in [7, 11) is -0.836. The first kappa shape index (κ1) is 49.1.